The normalized spacial score (nSPS) is 35.4. The summed E-state index contributed by atoms with van der Waals surface area (Å²) >= 11 is 0. The Kier molecular flexibility index (Phi) is 5.07. The van der Waals surface area contributed by atoms with Crippen molar-refractivity contribution in [3.05, 3.63) is 0 Å². The molecule has 1 aliphatic carbocycles. The van der Waals surface area contributed by atoms with Crippen molar-refractivity contribution < 1.29 is 9.47 Å². The van der Waals surface area contributed by atoms with Gasteiger partial charge >= 0.3 is 0 Å². The van der Waals surface area contributed by atoms with E-state index in [1.807, 2.05) is 0 Å². The molecule has 1 atom stereocenters. The summed E-state index contributed by atoms with van der Waals surface area (Å²) < 4.78 is 11.5. The summed E-state index contributed by atoms with van der Waals surface area (Å²) in [6.07, 6.45) is 8.22. The van der Waals surface area contributed by atoms with E-state index in [1.165, 1.54) is 38.5 Å². The van der Waals surface area contributed by atoms with Crippen LogP contribution in [0.4, 0.5) is 0 Å². The average Bonchev–Trinajstić information content (AvgIpc) is 2.82. The molecule has 1 saturated carbocycles. The molecule has 2 fully saturated rings. The van der Waals surface area contributed by atoms with E-state index in [2.05, 4.69) is 12.2 Å². The third-order valence-electron chi connectivity index (χ3n) is 3.71. The summed E-state index contributed by atoms with van der Waals surface area (Å²) in [6.45, 7) is 5.02. The van der Waals surface area contributed by atoms with Crippen LogP contribution in [-0.2, 0) is 9.47 Å². The Morgan fingerprint density at radius 1 is 1.19 bits per heavy atom. The third kappa shape index (κ3) is 3.72. The summed E-state index contributed by atoms with van der Waals surface area (Å²) in [4.78, 5) is 0. The predicted octanol–water partition coefficient (Wildman–Crippen LogP) is 2.10. The van der Waals surface area contributed by atoms with Crippen LogP contribution >= 0.6 is 0 Å². The Morgan fingerprint density at radius 3 is 2.62 bits per heavy atom. The molecule has 0 amide bonds. The van der Waals surface area contributed by atoms with Crippen molar-refractivity contribution in [1.82, 2.24) is 5.32 Å². The van der Waals surface area contributed by atoms with Gasteiger partial charge in [-0.1, -0.05) is 6.92 Å². The van der Waals surface area contributed by atoms with E-state index in [9.17, 15) is 0 Å². The van der Waals surface area contributed by atoms with Gasteiger partial charge in [-0.25, -0.2) is 0 Å². The molecule has 94 valence electrons. The Labute approximate surface area is 98.9 Å². The maximum absolute atomic E-state index is 5.94. The first kappa shape index (κ1) is 12.3. The maximum atomic E-state index is 5.94. The van der Waals surface area contributed by atoms with Gasteiger partial charge in [0.2, 0.25) is 0 Å². The van der Waals surface area contributed by atoms with Gasteiger partial charge in [0.25, 0.3) is 0 Å². The number of rotatable bonds is 5. The molecule has 0 aromatic rings. The molecule has 1 heterocycles. The van der Waals surface area contributed by atoms with Gasteiger partial charge in [0, 0.05) is 12.6 Å². The second kappa shape index (κ2) is 6.58. The molecule has 1 N–H and O–H groups in total. The van der Waals surface area contributed by atoms with Gasteiger partial charge in [0.05, 0.1) is 18.8 Å². The third-order valence-corrected chi connectivity index (χ3v) is 3.71. The first-order valence-electron chi connectivity index (χ1n) is 6.85. The van der Waals surface area contributed by atoms with Crippen molar-refractivity contribution in [1.29, 1.82) is 0 Å². The molecular weight excluding hydrogens is 202 g/mol. The standard InChI is InChI=1S/C13H25NO2/c1-2-14-11-5-7-12(8-6-11)16-10-13-4-3-9-15-13/h11-14H,2-10H2,1H3. The predicted molar refractivity (Wildman–Crippen MR) is 64.6 cm³/mol. The van der Waals surface area contributed by atoms with E-state index < -0.39 is 0 Å². The van der Waals surface area contributed by atoms with E-state index in [0.717, 1.165) is 25.8 Å². The highest BCUT2D eigenvalue weighted by Crippen LogP contribution is 2.22. The largest absolute Gasteiger partial charge is 0.376 e. The maximum Gasteiger partial charge on any atom is 0.0809 e. The molecule has 0 spiro atoms. The average molecular weight is 227 g/mol. The van der Waals surface area contributed by atoms with Gasteiger partial charge in [0.15, 0.2) is 0 Å². The number of ether oxygens (including phenoxy) is 2. The Hall–Kier alpha value is -0.120. The lowest BCUT2D eigenvalue weighted by Gasteiger charge is -2.29. The van der Waals surface area contributed by atoms with E-state index in [-0.39, 0.29) is 0 Å². The fraction of sp³-hybridized carbons (Fsp3) is 1.00. The fourth-order valence-corrected chi connectivity index (χ4v) is 2.74. The topological polar surface area (TPSA) is 30.5 Å². The highest BCUT2D eigenvalue weighted by Gasteiger charge is 2.23. The smallest absolute Gasteiger partial charge is 0.0809 e. The lowest BCUT2D eigenvalue weighted by molar-refractivity contribution is -0.0350. The summed E-state index contributed by atoms with van der Waals surface area (Å²) in [6, 6.07) is 0.729. The van der Waals surface area contributed by atoms with E-state index in [0.29, 0.717) is 12.2 Å². The van der Waals surface area contributed by atoms with Crippen molar-refractivity contribution in [3.63, 3.8) is 0 Å². The van der Waals surface area contributed by atoms with Crippen LogP contribution in [0.3, 0.4) is 0 Å². The van der Waals surface area contributed by atoms with Crippen molar-refractivity contribution in [2.24, 2.45) is 0 Å². The molecule has 2 rings (SSSR count). The molecule has 1 saturated heterocycles. The zero-order valence-corrected chi connectivity index (χ0v) is 10.4. The molecule has 3 nitrogen and oxygen atoms in total. The SMILES string of the molecule is CCNC1CCC(OCC2CCCO2)CC1. The minimum absolute atomic E-state index is 0.381. The van der Waals surface area contributed by atoms with Crippen molar-refractivity contribution in [2.75, 3.05) is 19.8 Å². The molecule has 0 aromatic carbocycles. The highest BCUT2D eigenvalue weighted by molar-refractivity contribution is 4.77. The van der Waals surface area contributed by atoms with Gasteiger partial charge in [-0.15, -0.1) is 0 Å². The summed E-state index contributed by atoms with van der Waals surface area (Å²) in [5.74, 6) is 0. The van der Waals surface area contributed by atoms with Crippen molar-refractivity contribution >= 4 is 0 Å². The Morgan fingerprint density at radius 2 is 2.00 bits per heavy atom. The highest BCUT2D eigenvalue weighted by atomic mass is 16.5. The van der Waals surface area contributed by atoms with Crippen LogP contribution in [0.1, 0.15) is 45.4 Å². The van der Waals surface area contributed by atoms with Gasteiger partial charge in [-0.05, 0) is 45.1 Å². The molecule has 3 heteroatoms. The summed E-state index contributed by atoms with van der Waals surface area (Å²) in [5.41, 5.74) is 0. The molecule has 0 aromatic heterocycles. The molecular formula is C13H25NO2. The fourth-order valence-electron chi connectivity index (χ4n) is 2.74. The zero-order chi connectivity index (χ0) is 11.2. The molecule has 0 bridgehead atoms. The molecule has 0 radical (unpaired) electrons. The molecule has 16 heavy (non-hydrogen) atoms. The van der Waals surface area contributed by atoms with E-state index in [1.54, 1.807) is 0 Å². The Bertz CT molecular complexity index is 184. The minimum atomic E-state index is 0.381. The van der Waals surface area contributed by atoms with Gasteiger partial charge < -0.3 is 14.8 Å². The monoisotopic (exact) mass is 227 g/mol. The van der Waals surface area contributed by atoms with Crippen LogP contribution in [0.2, 0.25) is 0 Å². The van der Waals surface area contributed by atoms with Gasteiger partial charge in [-0.2, -0.15) is 0 Å². The van der Waals surface area contributed by atoms with Gasteiger partial charge in [0.1, 0.15) is 0 Å². The minimum Gasteiger partial charge on any atom is -0.376 e. The number of nitrogens with one attached hydrogen (secondary N) is 1. The van der Waals surface area contributed by atoms with Crippen LogP contribution in [0.25, 0.3) is 0 Å². The van der Waals surface area contributed by atoms with Crippen LogP contribution < -0.4 is 5.32 Å². The van der Waals surface area contributed by atoms with Crippen LogP contribution in [0, 0.1) is 0 Å². The quantitative estimate of drug-likeness (QED) is 0.780. The molecule has 1 aliphatic heterocycles. The summed E-state index contributed by atoms with van der Waals surface area (Å²) in [7, 11) is 0. The van der Waals surface area contributed by atoms with Crippen molar-refractivity contribution in [3.8, 4) is 0 Å². The lowest BCUT2D eigenvalue weighted by atomic mass is 9.93. The molecule has 1 unspecified atom stereocenters. The lowest BCUT2D eigenvalue weighted by Crippen LogP contribution is -2.35. The van der Waals surface area contributed by atoms with E-state index >= 15 is 0 Å². The van der Waals surface area contributed by atoms with Crippen LogP contribution in [0.15, 0.2) is 0 Å². The zero-order valence-electron chi connectivity index (χ0n) is 10.4. The number of hydrogen-bond acceptors (Lipinski definition) is 3. The van der Waals surface area contributed by atoms with Crippen molar-refractivity contribution in [2.45, 2.75) is 63.7 Å². The van der Waals surface area contributed by atoms with E-state index in [4.69, 9.17) is 9.47 Å². The first-order chi connectivity index (χ1) is 7.88. The Balaban J connectivity index is 1.57. The number of hydrogen-bond donors (Lipinski definition) is 1. The molecule has 2 aliphatic rings. The first-order valence-corrected chi connectivity index (χ1v) is 6.85. The second-order valence-electron chi connectivity index (χ2n) is 5.00. The van der Waals surface area contributed by atoms with Crippen LogP contribution in [0.5, 0.6) is 0 Å². The van der Waals surface area contributed by atoms with Crippen LogP contribution in [-0.4, -0.2) is 38.0 Å². The summed E-state index contributed by atoms with van der Waals surface area (Å²) in [5, 5.41) is 3.52. The van der Waals surface area contributed by atoms with Gasteiger partial charge in [-0.3, -0.25) is 0 Å². The second-order valence-corrected chi connectivity index (χ2v) is 5.00.